The van der Waals surface area contributed by atoms with Gasteiger partial charge in [-0.05, 0) is 67.1 Å². The van der Waals surface area contributed by atoms with Crippen LogP contribution in [0.25, 0.3) is 11.3 Å². The van der Waals surface area contributed by atoms with Crippen LogP contribution in [-0.2, 0) is 0 Å². The Morgan fingerprint density at radius 1 is 0.806 bits per heavy atom. The average molecular weight is 416 g/mol. The number of nitrogens with zero attached hydrogens (tertiary/aromatic N) is 3. The van der Waals surface area contributed by atoms with Gasteiger partial charge in [-0.25, -0.2) is 4.79 Å². The zero-order chi connectivity index (χ0) is 21.6. The van der Waals surface area contributed by atoms with Crippen LogP contribution in [0.3, 0.4) is 0 Å². The number of carbonyl (C=O) groups is 1. The van der Waals surface area contributed by atoms with Crippen molar-refractivity contribution in [3.05, 3.63) is 66.2 Å². The van der Waals surface area contributed by atoms with Gasteiger partial charge in [0.1, 0.15) is 0 Å². The van der Waals surface area contributed by atoms with Crippen molar-refractivity contribution in [2.75, 3.05) is 28.6 Å². The van der Waals surface area contributed by atoms with Crippen molar-refractivity contribution in [1.29, 1.82) is 0 Å². The first-order valence-corrected chi connectivity index (χ1v) is 11.0. The Hall–Kier alpha value is -3.41. The molecule has 160 valence electrons. The highest BCUT2D eigenvalue weighted by Crippen LogP contribution is 2.23. The van der Waals surface area contributed by atoms with Gasteiger partial charge in [-0.3, -0.25) is 0 Å². The number of nitrogens with one attached hydrogen (secondary N) is 2. The standard InChI is InChI=1S/C25H29N5O/c1-18(2)19-6-10-21(11-7-19)26-25(31)27-22-12-8-20(9-13-22)23-14-15-24(29-28-23)30-16-4-3-5-17-30/h6-15,18H,3-5,16-17H2,1-2H3,(H2,26,27,31). The monoisotopic (exact) mass is 415 g/mol. The molecule has 1 aliphatic heterocycles. The van der Waals surface area contributed by atoms with E-state index in [1.807, 2.05) is 60.7 Å². The van der Waals surface area contributed by atoms with Gasteiger partial charge in [-0.15, -0.1) is 10.2 Å². The highest BCUT2D eigenvalue weighted by atomic mass is 16.2. The Labute approximate surface area is 183 Å². The van der Waals surface area contributed by atoms with Crippen molar-refractivity contribution in [1.82, 2.24) is 10.2 Å². The molecule has 1 fully saturated rings. The smallest absolute Gasteiger partial charge is 0.323 e. The van der Waals surface area contributed by atoms with Crippen molar-refractivity contribution >= 4 is 23.2 Å². The lowest BCUT2D eigenvalue weighted by atomic mass is 10.0. The van der Waals surface area contributed by atoms with Crippen LogP contribution in [0.5, 0.6) is 0 Å². The van der Waals surface area contributed by atoms with E-state index in [1.165, 1.54) is 24.8 Å². The van der Waals surface area contributed by atoms with Crippen LogP contribution in [0.1, 0.15) is 44.6 Å². The summed E-state index contributed by atoms with van der Waals surface area (Å²) in [6.45, 7) is 6.40. The SMILES string of the molecule is CC(C)c1ccc(NC(=O)Nc2ccc(-c3ccc(N4CCCCC4)nn3)cc2)cc1. The fourth-order valence-corrected chi connectivity index (χ4v) is 3.74. The molecule has 0 spiro atoms. The van der Waals surface area contributed by atoms with Gasteiger partial charge in [0.15, 0.2) is 5.82 Å². The van der Waals surface area contributed by atoms with Gasteiger partial charge in [0.25, 0.3) is 0 Å². The maximum atomic E-state index is 12.3. The molecular weight excluding hydrogens is 386 g/mol. The molecule has 0 bridgehead atoms. The minimum absolute atomic E-state index is 0.268. The third kappa shape index (κ3) is 5.40. The van der Waals surface area contributed by atoms with E-state index < -0.39 is 0 Å². The van der Waals surface area contributed by atoms with Crippen LogP contribution in [0, 0.1) is 0 Å². The summed E-state index contributed by atoms with van der Waals surface area (Å²) in [7, 11) is 0. The molecule has 1 aromatic heterocycles. The lowest BCUT2D eigenvalue weighted by Gasteiger charge is -2.27. The van der Waals surface area contributed by atoms with E-state index in [0.717, 1.165) is 41.5 Å². The lowest BCUT2D eigenvalue weighted by Crippen LogP contribution is -2.30. The fraction of sp³-hybridized carbons (Fsp3) is 0.320. The lowest BCUT2D eigenvalue weighted by molar-refractivity contribution is 0.262. The van der Waals surface area contributed by atoms with E-state index >= 15 is 0 Å². The molecule has 6 nitrogen and oxygen atoms in total. The predicted octanol–water partition coefficient (Wildman–Crippen LogP) is 5.90. The molecule has 0 radical (unpaired) electrons. The number of piperidine rings is 1. The number of amides is 2. The minimum atomic E-state index is -0.268. The summed E-state index contributed by atoms with van der Waals surface area (Å²) < 4.78 is 0. The molecule has 4 rings (SSSR count). The fourth-order valence-electron chi connectivity index (χ4n) is 3.74. The maximum absolute atomic E-state index is 12.3. The van der Waals surface area contributed by atoms with Gasteiger partial charge in [-0.1, -0.05) is 38.1 Å². The topological polar surface area (TPSA) is 70.2 Å². The molecular formula is C25H29N5O. The van der Waals surface area contributed by atoms with Crippen molar-refractivity contribution in [2.24, 2.45) is 0 Å². The molecule has 0 saturated carbocycles. The van der Waals surface area contributed by atoms with E-state index in [9.17, 15) is 4.79 Å². The first-order chi connectivity index (χ1) is 15.1. The van der Waals surface area contributed by atoms with Gasteiger partial charge < -0.3 is 15.5 Å². The van der Waals surface area contributed by atoms with E-state index in [-0.39, 0.29) is 6.03 Å². The van der Waals surface area contributed by atoms with Crippen molar-refractivity contribution in [2.45, 2.75) is 39.0 Å². The summed E-state index contributed by atoms with van der Waals surface area (Å²) in [6, 6.07) is 19.3. The summed E-state index contributed by atoms with van der Waals surface area (Å²) in [5.74, 6) is 1.41. The normalized spacial score (nSPS) is 13.8. The van der Waals surface area contributed by atoms with Crippen molar-refractivity contribution < 1.29 is 4.79 Å². The van der Waals surface area contributed by atoms with Gasteiger partial charge in [-0.2, -0.15) is 0 Å². The first-order valence-electron chi connectivity index (χ1n) is 11.0. The Kier molecular flexibility index (Phi) is 6.46. The largest absolute Gasteiger partial charge is 0.355 e. The number of benzene rings is 2. The summed E-state index contributed by atoms with van der Waals surface area (Å²) in [5, 5.41) is 14.5. The average Bonchev–Trinajstić information content (AvgIpc) is 2.80. The molecule has 1 saturated heterocycles. The second kappa shape index (κ2) is 9.60. The quantitative estimate of drug-likeness (QED) is 0.544. The maximum Gasteiger partial charge on any atom is 0.323 e. The summed E-state index contributed by atoms with van der Waals surface area (Å²) >= 11 is 0. The van der Waals surface area contributed by atoms with Crippen molar-refractivity contribution in [3.8, 4) is 11.3 Å². The number of hydrogen-bond acceptors (Lipinski definition) is 4. The molecule has 6 heteroatoms. The Morgan fingerprint density at radius 2 is 1.42 bits per heavy atom. The zero-order valence-corrected chi connectivity index (χ0v) is 18.1. The highest BCUT2D eigenvalue weighted by molar-refractivity contribution is 5.99. The van der Waals surface area contributed by atoms with Crippen LogP contribution in [-0.4, -0.2) is 29.3 Å². The Bertz CT molecular complexity index is 992. The number of rotatable bonds is 5. The summed E-state index contributed by atoms with van der Waals surface area (Å²) in [4.78, 5) is 14.6. The van der Waals surface area contributed by atoms with Gasteiger partial charge in [0.05, 0.1) is 5.69 Å². The Morgan fingerprint density at radius 3 is 1.97 bits per heavy atom. The van der Waals surface area contributed by atoms with Crippen molar-refractivity contribution in [3.63, 3.8) is 0 Å². The summed E-state index contributed by atoms with van der Waals surface area (Å²) in [6.07, 6.45) is 3.73. The molecule has 3 aromatic rings. The molecule has 0 atom stereocenters. The molecule has 1 aliphatic rings. The van der Waals surface area contributed by atoms with E-state index in [4.69, 9.17) is 0 Å². The molecule has 0 aliphatic carbocycles. The zero-order valence-electron chi connectivity index (χ0n) is 18.1. The van der Waals surface area contributed by atoms with Crippen LogP contribution in [0.15, 0.2) is 60.7 Å². The number of carbonyl (C=O) groups excluding carboxylic acids is 1. The molecule has 2 N–H and O–H groups in total. The van der Waals surface area contributed by atoms with Crippen LogP contribution in [0.4, 0.5) is 22.0 Å². The third-order valence-electron chi connectivity index (χ3n) is 5.60. The number of anilines is 3. The number of urea groups is 1. The van der Waals surface area contributed by atoms with Gasteiger partial charge in [0.2, 0.25) is 0 Å². The molecule has 2 amide bonds. The van der Waals surface area contributed by atoms with Crippen LogP contribution in [0.2, 0.25) is 0 Å². The minimum Gasteiger partial charge on any atom is -0.355 e. The Balaban J connectivity index is 1.34. The van der Waals surface area contributed by atoms with E-state index in [0.29, 0.717) is 5.92 Å². The molecule has 0 unspecified atom stereocenters. The number of aromatic nitrogens is 2. The van der Waals surface area contributed by atoms with Crippen LogP contribution >= 0.6 is 0 Å². The molecule has 2 heterocycles. The summed E-state index contributed by atoms with van der Waals surface area (Å²) in [5.41, 5.74) is 4.52. The molecule has 31 heavy (non-hydrogen) atoms. The number of hydrogen-bond donors (Lipinski definition) is 2. The second-order valence-electron chi connectivity index (χ2n) is 8.26. The second-order valence-corrected chi connectivity index (χ2v) is 8.26. The van der Waals surface area contributed by atoms with Crippen LogP contribution < -0.4 is 15.5 Å². The van der Waals surface area contributed by atoms with Gasteiger partial charge in [0, 0.05) is 30.0 Å². The van der Waals surface area contributed by atoms with E-state index in [2.05, 4.69) is 39.6 Å². The first kappa shape index (κ1) is 20.8. The highest BCUT2D eigenvalue weighted by Gasteiger charge is 2.13. The van der Waals surface area contributed by atoms with Gasteiger partial charge >= 0.3 is 6.03 Å². The third-order valence-corrected chi connectivity index (χ3v) is 5.60. The molecule has 2 aromatic carbocycles. The predicted molar refractivity (Wildman–Crippen MR) is 127 cm³/mol. The van der Waals surface area contributed by atoms with E-state index in [1.54, 1.807) is 0 Å².